The second-order valence-corrected chi connectivity index (χ2v) is 9.43. The molecule has 0 bridgehead atoms. The van der Waals surface area contributed by atoms with Crippen molar-refractivity contribution in [3.05, 3.63) is 29.3 Å². The van der Waals surface area contributed by atoms with Gasteiger partial charge in [0.2, 0.25) is 21.1 Å². The highest BCUT2D eigenvalue weighted by atomic mass is 32.2. The van der Waals surface area contributed by atoms with E-state index in [2.05, 4.69) is 20.2 Å². The van der Waals surface area contributed by atoms with Crippen LogP contribution in [0.1, 0.15) is 49.5 Å². The van der Waals surface area contributed by atoms with Crippen LogP contribution in [0.4, 0.5) is 5.13 Å². The maximum atomic E-state index is 12.2. The summed E-state index contributed by atoms with van der Waals surface area (Å²) in [5, 5.41) is 12.4. The van der Waals surface area contributed by atoms with Crippen molar-refractivity contribution >= 4 is 32.4 Å². The van der Waals surface area contributed by atoms with Gasteiger partial charge < -0.3 is 10.1 Å². The highest BCUT2D eigenvalue weighted by molar-refractivity contribution is 7.89. The molecule has 2 aromatic rings. The first-order valence-corrected chi connectivity index (χ1v) is 11.5. The Morgan fingerprint density at radius 3 is 2.57 bits per heavy atom. The van der Waals surface area contributed by atoms with Crippen LogP contribution in [-0.2, 0) is 14.8 Å². The molecule has 3 rings (SSSR count). The zero-order valence-electron chi connectivity index (χ0n) is 15.7. The van der Waals surface area contributed by atoms with Crippen molar-refractivity contribution in [1.82, 2.24) is 14.9 Å². The Bertz CT molecular complexity index is 891. The molecule has 1 aromatic carbocycles. The summed E-state index contributed by atoms with van der Waals surface area (Å²) in [5.41, 5.74) is 0. The zero-order valence-corrected chi connectivity index (χ0v) is 17.3. The first-order valence-electron chi connectivity index (χ1n) is 9.25. The predicted octanol–water partition coefficient (Wildman–Crippen LogP) is 2.90. The molecule has 1 saturated carbocycles. The van der Waals surface area contributed by atoms with E-state index in [1.807, 2.05) is 0 Å². The lowest BCUT2D eigenvalue weighted by atomic mass is 9.90. The third kappa shape index (κ3) is 5.49. The quantitative estimate of drug-likeness (QED) is 0.674. The Hall–Kier alpha value is -2.04. The van der Waals surface area contributed by atoms with Gasteiger partial charge in [-0.1, -0.05) is 30.6 Å². The topological polar surface area (TPSA) is 110 Å². The molecule has 1 amide bonds. The maximum Gasteiger partial charge on any atom is 0.240 e. The van der Waals surface area contributed by atoms with Crippen LogP contribution in [0.25, 0.3) is 0 Å². The van der Waals surface area contributed by atoms with E-state index in [-0.39, 0.29) is 23.8 Å². The summed E-state index contributed by atoms with van der Waals surface area (Å²) in [7, 11) is -2.16. The lowest BCUT2D eigenvalue weighted by Gasteiger charge is -2.18. The zero-order chi connectivity index (χ0) is 20.0. The van der Waals surface area contributed by atoms with Crippen LogP contribution in [0.3, 0.4) is 0 Å². The van der Waals surface area contributed by atoms with Crippen molar-refractivity contribution in [2.24, 2.45) is 0 Å². The highest BCUT2D eigenvalue weighted by Crippen LogP contribution is 2.35. The van der Waals surface area contributed by atoms with Gasteiger partial charge in [-0.05, 0) is 37.1 Å². The average Bonchev–Trinajstić information content (AvgIpc) is 3.17. The third-order valence-corrected chi connectivity index (χ3v) is 7.13. The smallest absolute Gasteiger partial charge is 0.240 e. The lowest BCUT2D eigenvalue weighted by Crippen LogP contribution is -2.27. The summed E-state index contributed by atoms with van der Waals surface area (Å²) in [5.74, 6) is 0.708. The SMILES string of the molecule is COc1ccc(S(=O)(=O)NCCC(=O)Nc2nnc(C3CCCCC3)s2)cc1. The molecule has 0 radical (unpaired) electrons. The van der Waals surface area contributed by atoms with Crippen LogP contribution in [-0.4, -0.2) is 38.2 Å². The van der Waals surface area contributed by atoms with E-state index in [0.717, 1.165) is 17.8 Å². The van der Waals surface area contributed by atoms with E-state index in [1.54, 1.807) is 12.1 Å². The molecule has 0 unspecified atom stereocenters. The molecule has 0 saturated heterocycles. The molecule has 1 aliphatic rings. The van der Waals surface area contributed by atoms with Crippen LogP contribution in [0.2, 0.25) is 0 Å². The highest BCUT2D eigenvalue weighted by Gasteiger charge is 2.20. The van der Waals surface area contributed by atoms with Gasteiger partial charge in [-0.3, -0.25) is 4.79 Å². The molecule has 8 nitrogen and oxygen atoms in total. The summed E-state index contributed by atoms with van der Waals surface area (Å²) in [6, 6.07) is 6.05. The molecule has 1 heterocycles. The summed E-state index contributed by atoms with van der Waals surface area (Å²) in [6.45, 7) is -0.00547. The van der Waals surface area contributed by atoms with Gasteiger partial charge in [0.1, 0.15) is 10.8 Å². The second-order valence-electron chi connectivity index (χ2n) is 6.65. The fraction of sp³-hybridized carbons (Fsp3) is 0.500. The molecule has 0 spiro atoms. The minimum atomic E-state index is -3.68. The van der Waals surface area contributed by atoms with Crippen LogP contribution in [0.15, 0.2) is 29.2 Å². The van der Waals surface area contributed by atoms with E-state index >= 15 is 0 Å². The summed E-state index contributed by atoms with van der Waals surface area (Å²) < 4.78 is 31.9. The number of hydrogen-bond acceptors (Lipinski definition) is 7. The van der Waals surface area contributed by atoms with Gasteiger partial charge in [-0.2, -0.15) is 0 Å². The molecule has 152 valence electrons. The van der Waals surface area contributed by atoms with Gasteiger partial charge in [0, 0.05) is 18.9 Å². The maximum absolute atomic E-state index is 12.2. The fourth-order valence-corrected chi connectivity index (χ4v) is 5.08. The number of rotatable bonds is 8. The Morgan fingerprint density at radius 2 is 1.89 bits per heavy atom. The molecule has 0 aliphatic heterocycles. The van der Waals surface area contributed by atoms with Gasteiger partial charge in [-0.15, -0.1) is 10.2 Å². The summed E-state index contributed by atoms with van der Waals surface area (Å²) >= 11 is 1.40. The van der Waals surface area contributed by atoms with Crippen LogP contribution in [0.5, 0.6) is 5.75 Å². The molecule has 1 fully saturated rings. The van der Waals surface area contributed by atoms with Gasteiger partial charge in [0.05, 0.1) is 12.0 Å². The van der Waals surface area contributed by atoms with Gasteiger partial charge >= 0.3 is 0 Å². The first kappa shape index (κ1) is 20.7. The molecule has 10 heteroatoms. The van der Waals surface area contributed by atoms with Crippen molar-refractivity contribution in [3.8, 4) is 5.75 Å². The lowest BCUT2D eigenvalue weighted by molar-refractivity contribution is -0.116. The van der Waals surface area contributed by atoms with Gasteiger partial charge in [0.25, 0.3) is 0 Å². The van der Waals surface area contributed by atoms with E-state index < -0.39 is 10.0 Å². The number of anilines is 1. The first-order chi connectivity index (χ1) is 13.5. The van der Waals surface area contributed by atoms with Crippen molar-refractivity contribution in [2.75, 3.05) is 19.0 Å². The molecule has 1 aliphatic carbocycles. The number of sulfonamides is 1. The van der Waals surface area contributed by atoms with Crippen molar-refractivity contribution < 1.29 is 17.9 Å². The molecule has 28 heavy (non-hydrogen) atoms. The fourth-order valence-electron chi connectivity index (χ4n) is 3.12. The van der Waals surface area contributed by atoms with Crippen LogP contribution in [0, 0.1) is 0 Å². The van der Waals surface area contributed by atoms with Crippen molar-refractivity contribution in [1.29, 1.82) is 0 Å². The number of benzene rings is 1. The molecule has 0 atom stereocenters. The Labute approximate surface area is 168 Å². The number of amides is 1. The Kier molecular flexibility index (Phi) is 6.97. The normalized spacial score (nSPS) is 15.3. The molecule has 1 aromatic heterocycles. The number of ether oxygens (including phenoxy) is 1. The number of nitrogens with zero attached hydrogens (tertiary/aromatic N) is 2. The van der Waals surface area contributed by atoms with E-state index in [4.69, 9.17) is 4.74 Å². The number of carbonyl (C=O) groups excluding carboxylic acids is 1. The number of nitrogens with one attached hydrogen (secondary N) is 2. The van der Waals surface area contributed by atoms with E-state index in [9.17, 15) is 13.2 Å². The van der Waals surface area contributed by atoms with Gasteiger partial charge in [0.15, 0.2) is 0 Å². The predicted molar refractivity (Wildman–Crippen MR) is 107 cm³/mol. The monoisotopic (exact) mass is 424 g/mol. The molecule has 2 N–H and O–H groups in total. The molecular weight excluding hydrogens is 400 g/mol. The molecular formula is C18H24N4O4S2. The Morgan fingerprint density at radius 1 is 1.18 bits per heavy atom. The number of methoxy groups -OCH3 is 1. The summed E-state index contributed by atoms with van der Waals surface area (Å²) in [6.07, 6.45) is 5.94. The van der Waals surface area contributed by atoms with Crippen molar-refractivity contribution in [3.63, 3.8) is 0 Å². The minimum Gasteiger partial charge on any atom is -0.497 e. The largest absolute Gasteiger partial charge is 0.497 e. The minimum absolute atomic E-state index is 0.00547. The number of carbonyl (C=O) groups is 1. The third-order valence-electron chi connectivity index (χ3n) is 4.66. The standard InChI is InChI=1S/C18H24N4O4S2/c1-26-14-7-9-15(10-8-14)28(24,25)19-12-11-16(23)20-18-22-21-17(27-18)13-5-3-2-4-6-13/h7-10,13,19H,2-6,11-12H2,1H3,(H,20,22,23). The van der Waals surface area contributed by atoms with Gasteiger partial charge in [-0.25, -0.2) is 13.1 Å². The Balaban J connectivity index is 1.47. The number of aromatic nitrogens is 2. The summed E-state index contributed by atoms with van der Waals surface area (Å²) in [4.78, 5) is 12.2. The van der Waals surface area contributed by atoms with E-state index in [0.29, 0.717) is 16.8 Å². The second kappa shape index (κ2) is 9.44. The van der Waals surface area contributed by atoms with Crippen molar-refractivity contribution in [2.45, 2.75) is 49.3 Å². The van der Waals surface area contributed by atoms with Crippen LogP contribution >= 0.6 is 11.3 Å². The van der Waals surface area contributed by atoms with E-state index in [1.165, 1.54) is 49.8 Å². The average molecular weight is 425 g/mol. The number of hydrogen-bond donors (Lipinski definition) is 2. The van der Waals surface area contributed by atoms with Crippen LogP contribution < -0.4 is 14.8 Å².